The first-order valence-electron chi connectivity index (χ1n) is 6.75. The SMILES string of the molecule is Cc1noc(-c2ccnc(NC(C)C3CCC3)c2)n1. The van der Waals surface area contributed by atoms with Crippen LogP contribution in [0.25, 0.3) is 11.5 Å². The minimum atomic E-state index is 0.459. The van der Waals surface area contributed by atoms with Gasteiger partial charge in [0.05, 0.1) is 0 Å². The van der Waals surface area contributed by atoms with Crippen molar-refractivity contribution in [2.24, 2.45) is 5.92 Å². The minimum absolute atomic E-state index is 0.459. The van der Waals surface area contributed by atoms with E-state index in [1.807, 2.05) is 19.1 Å². The summed E-state index contributed by atoms with van der Waals surface area (Å²) in [7, 11) is 0. The van der Waals surface area contributed by atoms with Gasteiger partial charge in [0.25, 0.3) is 5.89 Å². The normalized spacial score (nSPS) is 16.9. The molecule has 1 saturated carbocycles. The highest BCUT2D eigenvalue weighted by atomic mass is 16.5. The Morgan fingerprint density at radius 3 is 2.89 bits per heavy atom. The zero-order valence-corrected chi connectivity index (χ0v) is 11.3. The lowest BCUT2D eigenvalue weighted by molar-refractivity contribution is 0.285. The second-order valence-corrected chi connectivity index (χ2v) is 5.20. The molecule has 0 bridgehead atoms. The van der Waals surface area contributed by atoms with Crippen LogP contribution in [0.2, 0.25) is 0 Å². The number of rotatable bonds is 4. The standard InChI is InChI=1S/C14H18N4O/c1-9(11-4-3-5-11)16-13-8-12(6-7-15-13)14-17-10(2)18-19-14/h6-9,11H,3-5H2,1-2H3,(H,15,16). The van der Waals surface area contributed by atoms with Crippen molar-refractivity contribution in [2.45, 2.75) is 39.2 Å². The van der Waals surface area contributed by atoms with Gasteiger partial charge in [-0.05, 0) is 44.7 Å². The fraction of sp³-hybridized carbons (Fsp3) is 0.500. The molecule has 0 saturated heterocycles. The highest BCUT2D eigenvalue weighted by Crippen LogP contribution is 2.31. The number of aromatic nitrogens is 3. The Morgan fingerprint density at radius 2 is 2.26 bits per heavy atom. The number of pyridine rings is 1. The van der Waals surface area contributed by atoms with Gasteiger partial charge in [0.2, 0.25) is 0 Å². The molecule has 0 amide bonds. The van der Waals surface area contributed by atoms with Crippen LogP contribution in [0.4, 0.5) is 5.82 Å². The van der Waals surface area contributed by atoms with Gasteiger partial charge < -0.3 is 9.84 Å². The molecule has 1 unspecified atom stereocenters. The molecule has 3 rings (SSSR count). The van der Waals surface area contributed by atoms with Crippen LogP contribution >= 0.6 is 0 Å². The Balaban J connectivity index is 1.75. The minimum Gasteiger partial charge on any atom is -0.367 e. The summed E-state index contributed by atoms with van der Waals surface area (Å²) in [5.41, 5.74) is 0.902. The molecule has 5 heteroatoms. The molecular formula is C14H18N4O. The first-order chi connectivity index (χ1) is 9.22. The van der Waals surface area contributed by atoms with Gasteiger partial charge in [-0.15, -0.1) is 0 Å². The molecule has 100 valence electrons. The van der Waals surface area contributed by atoms with Crippen molar-refractivity contribution in [3.8, 4) is 11.5 Å². The maximum absolute atomic E-state index is 5.17. The van der Waals surface area contributed by atoms with E-state index in [9.17, 15) is 0 Å². The summed E-state index contributed by atoms with van der Waals surface area (Å²) < 4.78 is 5.17. The van der Waals surface area contributed by atoms with Crippen LogP contribution in [-0.2, 0) is 0 Å². The van der Waals surface area contributed by atoms with Crippen LogP contribution in [0.3, 0.4) is 0 Å². The molecule has 19 heavy (non-hydrogen) atoms. The van der Waals surface area contributed by atoms with E-state index in [0.717, 1.165) is 17.3 Å². The van der Waals surface area contributed by atoms with Gasteiger partial charge in [-0.1, -0.05) is 11.6 Å². The maximum atomic E-state index is 5.17. The third kappa shape index (κ3) is 2.59. The first kappa shape index (κ1) is 12.1. The third-order valence-corrected chi connectivity index (χ3v) is 3.77. The molecule has 1 aliphatic carbocycles. The summed E-state index contributed by atoms with van der Waals surface area (Å²) in [4.78, 5) is 8.58. The van der Waals surface area contributed by atoms with Crippen molar-refractivity contribution in [1.29, 1.82) is 0 Å². The number of hydrogen-bond donors (Lipinski definition) is 1. The lowest BCUT2D eigenvalue weighted by Crippen LogP contribution is -2.31. The van der Waals surface area contributed by atoms with Crippen molar-refractivity contribution in [3.05, 3.63) is 24.2 Å². The molecule has 1 aliphatic rings. The van der Waals surface area contributed by atoms with Crippen molar-refractivity contribution < 1.29 is 4.52 Å². The van der Waals surface area contributed by atoms with Crippen molar-refractivity contribution in [2.75, 3.05) is 5.32 Å². The van der Waals surface area contributed by atoms with Crippen LogP contribution < -0.4 is 5.32 Å². The molecule has 2 heterocycles. The van der Waals surface area contributed by atoms with E-state index in [1.54, 1.807) is 6.20 Å². The molecule has 0 aliphatic heterocycles. The van der Waals surface area contributed by atoms with Gasteiger partial charge >= 0.3 is 0 Å². The summed E-state index contributed by atoms with van der Waals surface area (Å²) >= 11 is 0. The van der Waals surface area contributed by atoms with E-state index in [2.05, 4.69) is 27.4 Å². The Labute approximate surface area is 112 Å². The van der Waals surface area contributed by atoms with Crippen LogP contribution in [0.1, 0.15) is 32.0 Å². The lowest BCUT2D eigenvalue weighted by atomic mass is 9.80. The number of nitrogens with one attached hydrogen (secondary N) is 1. The van der Waals surface area contributed by atoms with Crippen LogP contribution in [0, 0.1) is 12.8 Å². The topological polar surface area (TPSA) is 63.8 Å². The molecule has 0 aromatic carbocycles. The van der Waals surface area contributed by atoms with Gasteiger partial charge in [-0.3, -0.25) is 0 Å². The zero-order chi connectivity index (χ0) is 13.2. The Kier molecular flexibility index (Phi) is 3.19. The van der Waals surface area contributed by atoms with E-state index in [1.165, 1.54) is 19.3 Å². The quantitative estimate of drug-likeness (QED) is 0.913. The summed E-state index contributed by atoms with van der Waals surface area (Å²) in [6.07, 6.45) is 5.75. The van der Waals surface area contributed by atoms with Gasteiger partial charge in [-0.25, -0.2) is 4.98 Å². The second-order valence-electron chi connectivity index (χ2n) is 5.20. The summed E-state index contributed by atoms with van der Waals surface area (Å²) in [5, 5.41) is 7.27. The van der Waals surface area contributed by atoms with Gasteiger partial charge in [0.15, 0.2) is 5.82 Å². The average Bonchev–Trinajstić information content (AvgIpc) is 2.74. The maximum Gasteiger partial charge on any atom is 0.258 e. The second kappa shape index (κ2) is 4.99. The number of anilines is 1. The molecular weight excluding hydrogens is 240 g/mol. The summed E-state index contributed by atoms with van der Waals surface area (Å²) in [5.74, 6) is 2.83. The van der Waals surface area contributed by atoms with E-state index in [-0.39, 0.29) is 0 Å². The molecule has 5 nitrogen and oxygen atoms in total. The fourth-order valence-electron chi connectivity index (χ4n) is 2.35. The largest absolute Gasteiger partial charge is 0.367 e. The Hall–Kier alpha value is -1.91. The number of hydrogen-bond acceptors (Lipinski definition) is 5. The molecule has 2 aromatic heterocycles. The van der Waals surface area contributed by atoms with Crippen molar-refractivity contribution in [1.82, 2.24) is 15.1 Å². The zero-order valence-electron chi connectivity index (χ0n) is 11.3. The molecule has 1 N–H and O–H groups in total. The van der Waals surface area contributed by atoms with Crippen LogP contribution in [-0.4, -0.2) is 21.2 Å². The molecule has 1 atom stereocenters. The predicted molar refractivity (Wildman–Crippen MR) is 72.7 cm³/mol. The fourth-order valence-corrected chi connectivity index (χ4v) is 2.35. The van der Waals surface area contributed by atoms with E-state index in [4.69, 9.17) is 4.52 Å². The molecule has 0 radical (unpaired) electrons. The average molecular weight is 258 g/mol. The predicted octanol–water partition coefficient (Wildman–Crippen LogP) is 3.04. The lowest BCUT2D eigenvalue weighted by Gasteiger charge is -2.32. The monoisotopic (exact) mass is 258 g/mol. The van der Waals surface area contributed by atoms with E-state index >= 15 is 0 Å². The van der Waals surface area contributed by atoms with E-state index < -0.39 is 0 Å². The van der Waals surface area contributed by atoms with Crippen LogP contribution in [0.5, 0.6) is 0 Å². The third-order valence-electron chi connectivity index (χ3n) is 3.77. The highest BCUT2D eigenvalue weighted by Gasteiger charge is 2.24. The van der Waals surface area contributed by atoms with Crippen LogP contribution in [0.15, 0.2) is 22.9 Å². The Morgan fingerprint density at radius 1 is 1.42 bits per heavy atom. The molecule has 1 fully saturated rings. The van der Waals surface area contributed by atoms with Gasteiger partial charge in [0, 0.05) is 17.8 Å². The summed E-state index contributed by atoms with van der Waals surface area (Å²) in [6.45, 7) is 4.03. The summed E-state index contributed by atoms with van der Waals surface area (Å²) in [6, 6.07) is 4.30. The molecule has 0 spiro atoms. The first-order valence-corrected chi connectivity index (χ1v) is 6.75. The Bertz CT molecular complexity index is 562. The smallest absolute Gasteiger partial charge is 0.258 e. The number of aryl methyl sites for hydroxylation is 1. The highest BCUT2D eigenvalue weighted by molar-refractivity contribution is 5.58. The molecule has 2 aromatic rings. The van der Waals surface area contributed by atoms with E-state index in [0.29, 0.717) is 17.8 Å². The van der Waals surface area contributed by atoms with Gasteiger partial charge in [0.1, 0.15) is 5.82 Å². The number of nitrogens with zero attached hydrogens (tertiary/aromatic N) is 3. The van der Waals surface area contributed by atoms with Crippen molar-refractivity contribution in [3.63, 3.8) is 0 Å². The van der Waals surface area contributed by atoms with Crippen molar-refractivity contribution >= 4 is 5.82 Å². The van der Waals surface area contributed by atoms with Gasteiger partial charge in [-0.2, -0.15) is 4.98 Å².